The summed E-state index contributed by atoms with van der Waals surface area (Å²) in [7, 11) is 0. The van der Waals surface area contributed by atoms with Crippen molar-refractivity contribution in [2.24, 2.45) is 4.99 Å². The van der Waals surface area contributed by atoms with E-state index in [-0.39, 0.29) is 24.0 Å². The minimum absolute atomic E-state index is 0. The number of aryl methyl sites for hydroxylation is 2. The lowest BCUT2D eigenvalue weighted by Gasteiger charge is -2.12. The fourth-order valence-electron chi connectivity index (χ4n) is 3.55. The van der Waals surface area contributed by atoms with Gasteiger partial charge in [0.15, 0.2) is 5.96 Å². The molecule has 166 valence electrons. The first kappa shape index (κ1) is 25.2. The zero-order valence-corrected chi connectivity index (χ0v) is 21.3. The molecule has 2 aromatic rings. The summed E-state index contributed by atoms with van der Waals surface area (Å²) in [4.78, 5) is 4.68. The molecule has 0 saturated carbocycles. The number of aliphatic imine (C=N–C) groups is 1. The maximum Gasteiger partial charge on any atom is 0.191 e. The Morgan fingerprint density at radius 1 is 1.13 bits per heavy atom. The van der Waals surface area contributed by atoms with Crippen molar-refractivity contribution >= 4 is 53.1 Å². The van der Waals surface area contributed by atoms with Gasteiger partial charge in [0, 0.05) is 49.1 Å². The molecular weight excluding hydrogens is 534 g/mol. The molecule has 1 aromatic heterocycles. The Balaban J connectivity index is 0.00000320. The van der Waals surface area contributed by atoms with Gasteiger partial charge < -0.3 is 15.2 Å². The fourth-order valence-corrected chi connectivity index (χ4v) is 4.05. The van der Waals surface area contributed by atoms with Gasteiger partial charge in [-0.25, -0.2) is 0 Å². The van der Waals surface area contributed by atoms with Gasteiger partial charge in [-0.1, -0.05) is 35.7 Å². The molecule has 3 rings (SSSR count). The molecule has 0 bridgehead atoms. The normalized spacial score (nSPS) is 13.9. The van der Waals surface area contributed by atoms with Gasteiger partial charge >= 0.3 is 0 Å². The van der Waals surface area contributed by atoms with Crippen LogP contribution in [0.4, 0.5) is 0 Å². The Morgan fingerprint density at radius 2 is 2.00 bits per heavy atom. The van der Waals surface area contributed by atoms with Crippen molar-refractivity contribution in [3.05, 3.63) is 45.5 Å². The van der Waals surface area contributed by atoms with Gasteiger partial charge in [-0.2, -0.15) is 0 Å². The van der Waals surface area contributed by atoms with Gasteiger partial charge in [-0.15, -0.1) is 34.2 Å². The molecule has 2 heterocycles. The lowest BCUT2D eigenvalue weighted by atomic mass is 10.1. The number of hydrogen-bond acceptors (Lipinski definition) is 3. The van der Waals surface area contributed by atoms with Crippen LogP contribution in [-0.4, -0.2) is 40.4 Å². The van der Waals surface area contributed by atoms with E-state index in [1.165, 1.54) is 19.3 Å². The highest BCUT2D eigenvalue weighted by molar-refractivity contribution is 14.0. The Bertz CT molecular complexity index is 824. The molecule has 0 aliphatic carbocycles. The number of hydrogen-bond donors (Lipinski definition) is 2. The van der Waals surface area contributed by atoms with Crippen LogP contribution in [0, 0.1) is 0 Å². The first-order chi connectivity index (χ1) is 14.2. The van der Waals surface area contributed by atoms with Gasteiger partial charge in [-0.3, -0.25) is 4.99 Å². The zero-order chi connectivity index (χ0) is 20.5. The van der Waals surface area contributed by atoms with Crippen molar-refractivity contribution in [3.8, 4) is 0 Å². The molecule has 2 N–H and O–H groups in total. The first-order valence-electron chi connectivity index (χ1n) is 10.5. The zero-order valence-electron chi connectivity index (χ0n) is 17.5. The Morgan fingerprint density at radius 3 is 2.80 bits per heavy atom. The summed E-state index contributed by atoms with van der Waals surface area (Å²) >= 11 is 12.2. The highest BCUT2D eigenvalue weighted by Crippen LogP contribution is 2.22. The average Bonchev–Trinajstić information content (AvgIpc) is 2.93. The fraction of sp³-hybridized carbons (Fsp3) is 0.571. The molecule has 0 fully saturated rings. The average molecular weight is 565 g/mol. The summed E-state index contributed by atoms with van der Waals surface area (Å²) in [5.74, 6) is 3.05. The summed E-state index contributed by atoms with van der Waals surface area (Å²) in [5.41, 5.74) is 1.11. The second kappa shape index (κ2) is 13.4. The lowest BCUT2D eigenvalue weighted by molar-refractivity contribution is 0.600. The van der Waals surface area contributed by atoms with E-state index < -0.39 is 0 Å². The molecule has 9 heteroatoms. The number of guanidine groups is 1. The van der Waals surface area contributed by atoms with Gasteiger partial charge in [0.2, 0.25) is 0 Å². The minimum Gasteiger partial charge on any atom is -0.357 e. The van der Waals surface area contributed by atoms with Gasteiger partial charge in [0.25, 0.3) is 0 Å². The predicted octanol–water partition coefficient (Wildman–Crippen LogP) is 4.66. The van der Waals surface area contributed by atoms with Crippen LogP contribution in [0.5, 0.6) is 0 Å². The van der Waals surface area contributed by atoms with E-state index in [4.69, 9.17) is 23.2 Å². The monoisotopic (exact) mass is 564 g/mol. The van der Waals surface area contributed by atoms with Crippen molar-refractivity contribution in [2.75, 3.05) is 19.6 Å². The Labute approximate surface area is 206 Å². The highest BCUT2D eigenvalue weighted by Gasteiger charge is 2.14. The maximum atomic E-state index is 6.24. The topological polar surface area (TPSA) is 67.1 Å². The summed E-state index contributed by atoms with van der Waals surface area (Å²) in [6.45, 7) is 5.46. The van der Waals surface area contributed by atoms with Crippen LogP contribution < -0.4 is 10.6 Å². The number of fused-ring (bicyclic) bond motifs is 1. The van der Waals surface area contributed by atoms with Crippen molar-refractivity contribution in [1.82, 2.24) is 25.4 Å². The number of benzene rings is 1. The minimum atomic E-state index is 0. The molecule has 1 aromatic carbocycles. The second-order valence-electron chi connectivity index (χ2n) is 7.27. The van der Waals surface area contributed by atoms with Crippen LogP contribution in [0.25, 0.3) is 0 Å². The Kier molecular flexibility index (Phi) is 11.2. The van der Waals surface area contributed by atoms with Crippen LogP contribution in [0.2, 0.25) is 10.0 Å². The number of nitrogens with zero attached hydrogens (tertiary/aromatic N) is 4. The molecule has 0 atom stereocenters. The van der Waals surface area contributed by atoms with Gasteiger partial charge in [0.1, 0.15) is 11.6 Å². The molecule has 30 heavy (non-hydrogen) atoms. The summed E-state index contributed by atoms with van der Waals surface area (Å²) in [5, 5.41) is 16.9. The van der Waals surface area contributed by atoms with Crippen LogP contribution >= 0.6 is 47.2 Å². The quantitative estimate of drug-likeness (QED) is 0.212. The van der Waals surface area contributed by atoms with E-state index >= 15 is 0 Å². The van der Waals surface area contributed by atoms with Crippen molar-refractivity contribution in [2.45, 2.75) is 58.4 Å². The second-order valence-corrected chi connectivity index (χ2v) is 8.12. The molecule has 0 radical (unpaired) electrons. The summed E-state index contributed by atoms with van der Waals surface area (Å²) in [6.07, 6.45) is 7.40. The molecule has 6 nitrogen and oxygen atoms in total. The third-order valence-electron chi connectivity index (χ3n) is 5.06. The smallest absolute Gasteiger partial charge is 0.191 e. The van der Waals surface area contributed by atoms with E-state index in [9.17, 15) is 0 Å². The van der Waals surface area contributed by atoms with Crippen LogP contribution in [-0.2, 0) is 25.8 Å². The predicted molar refractivity (Wildman–Crippen MR) is 135 cm³/mol. The van der Waals surface area contributed by atoms with Gasteiger partial charge in [-0.05, 0) is 50.3 Å². The van der Waals surface area contributed by atoms with Gasteiger partial charge in [0.05, 0.1) is 0 Å². The highest BCUT2D eigenvalue weighted by atomic mass is 127. The molecular formula is C21H31Cl2IN6. The van der Waals surface area contributed by atoms with Crippen LogP contribution in [0.3, 0.4) is 0 Å². The van der Waals surface area contributed by atoms with Crippen LogP contribution in [0.15, 0.2) is 23.2 Å². The molecule has 0 saturated heterocycles. The Hall–Kier alpha value is -1.06. The van der Waals surface area contributed by atoms with E-state index in [0.717, 1.165) is 80.1 Å². The summed E-state index contributed by atoms with van der Waals surface area (Å²) < 4.78 is 2.30. The maximum absolute atomic E-state index is 6.24. The molecule has 0 spiro atoms. The standard InChI is InChI=1S/C21H30Cl2N6.HI/c1-2-24-21(25-12-6-7-16-9-10-17(22)15-18(16)23)26-13-11-20-28-27-19-8-4-3-5-14-29(19)20;/h9-10,15H,2-8,11-14H2,1H3,(H2,24,25,26);1H. The number of nitrogens with one attached hydrogen (secondary N) is 2. The number of aromatic nitrogens is 3. The van der Waals surface area contributed by atoms with E-state index in [2.05, 4.69) is 37.3 Å². The van der Waals surface area contributed by atoms with Crippen molar-refractivity contribution in [1.29, 1.82) is 0 Å². The molecule has 0 amide bonds. The third kappa shape index (κ3) is 7.57. The first-order valence-corrected chi connectivity index (χ1v) is 11.3. The third-order valence-corrected chi connectivity index (χ3v) is 5.65. The number of halogens is 3. The summed E-state index contributed by atoms with van der Waals surface area (Å²) in [6, 6.07) is 5.65. The SMILES string of the molecule is CCNC(=NCCCc1ccc(Cl)cc1Cl)NCCc1nnc2n1CCCCC2.I. The van der Waals surface area contributed by atoms with Crippen molar-refractivity contribution < 1.29 is 0 Å². The molecule has 1 aliphatic heterocycles. The van der Waals surface area contributed by atoms with E-state index in [0.29, 0.717) is 5.02 Å². The number of rotatable bonds is 8. The molecule has 0 unspecified atom stereocenters. The van der Waals surface area contributed by atoms with Crippen molar-refractivity contribution in [3.63, 3.8) is 0 Å². The largest absolute Gasteiger partial charge is 0.357 e. The van der Waals surface area contributed by atoms with E-state index in [1.807, 2.05) is 12.1 Å². The van der Waals surface area contributed by atoms with Crippen LogP contribution in [0.1, 0.15) is 49.8 Å². The molecule has 1 aliphatic rings. The lowest BCUT2D eigenvalue weighted by Crippen LogP contribution is -2.38. The van der Waals surface area contributed by atoms with E-state index in [1.54, 1.807) is 6.07 Å².